The van der Waals surface area contributed by atoms with Gasteiger partial charge in [-0.2, -0.15) is 0 Å². The smallest absolute Gasteiger partial charge is 0.304 e. The fourth-order valence-corrected chi connectivity index (χ4v) is 3.90. The monoisotopic (exact) mass is 262 g/mol. The predicted molar refractivity (Wildman–Crippen MR) is 62.1 cm³/mol. The van der Waals surface area contributed by atoms with Crippen LogP contribution in [0.3, 0.4) is 0 Å². The van der Waals surface area contributed by atoms with Gasteiger partial charge in [0.15, 0.2) is 0 Å². The Hall–Kier alpha value is -0.660. The van der Waals surface area contributed by atoms with E-state index in [0.717, 1.165) is 32.5 Å². The molecule has 3 saturated heterocycles. The van der Waals surface area contributed by atoms with Crippen LogP contribution >= 0.6 is 0 Å². The molecule has 0 radical (unpaired) electrons. The van der Waals surface area contributed by atoms with Crippen LogP contribution in [0.1, 0.15) is 19.3 Å². The van der Waals surface area contributed by atoms with Crippen LogP contribution in [0.15, 0.2) is 0 Å². The molecule has 0 amide bonds. The molecule has 3 aliphatic rings. The van der Waals surface area contributed by atoms with E-state index in [1.807, 2.05) is 0 Å². The number of aliphatic carboxylic acids is 1. The fraction of sp³-hybridized carbons (Fsp3) is 0.900. The first-order valence-electron chi connectivity index (χ1n) is 5.90. The van der Waals surface area contributed by atoms with Crippen molar-refractivity contribution in [2.45, 2.75) is 25.3 Å². The van der Waals surface area contributed by atoms with Crippen LogP contribution in [0, 0.1) is 5.92 Å². The SMILES string of the molecule is O=C(O)CCS(=O)(=O)NC1CN2CCC1CC2. The minimum absolute atomic E-state index is 0.0312. The minimum atomic E-state index is -3.46. The standard InChI is InChI=1S/C10H18N2O4S/c13-10(14)3-6-17(15,16)11-9-7-12-4-1-8(9)2-5-12/h8-9,11H,1-7H2,(H,13,14). The van der Waals surface area contributed by atoms with E-state index < -0.39 is 16.0 Å². The molecule has 17 heavy (non-hydrogen) atoms. The van der Waals surface area contributed by atoms with E-state index in [0.29, 0.717) is 5.92 Å². The van der Waals surface area contributed by atoms with E-state index in [2.05, 4.69) is 9.62 Å². The first-order chi connectivity index (χ1) is 7.96. The van der Waals surface area contributed by atoms with Crippen LogP contribution in [-0.4, -0.2) is 55.8 Å². The molecule has 2 N–H and O–H groups in total. The molecule has 0 aromatic carbocycles. The summed E-state index contributed by atoms with van der Waals surface area (Å²) in [6.45, 7) is 2.87. The van der Waals surface area contributed by atoms with Crippen LogP contribution in [0.4, 0.5) is 0 Å². The maximum absolute atomic E-state index is 11.7. The highest BCUT2D eigenvalue weighted by atomic mass is 32.2. The number of carbonyl (C=O) groups is 1. The Kier molecular flexibility index (Phi) is 3.70. The molecule has 98 valence electrons. The van der Waals surface area contributed by atoms with Gasteiger partial charge < -0.3 is 10.0 Å². The lowest BCUT2D eigenvalue weighted by Gasteiger charge is -2.44. The summed E-state index contributed by atoms with van der Waals surface area (Å²) < 4.78 is 26.0. The van der Waals surface area contributed by atoms with Gasteiger partial charge in [0, 0.05) is 12.6 Å². The lowest BCUT2D eigenvalue weighted by Crippen LogP contribution is -2.57. The zero-order valence-corrected chi connectivity index (χ0v) is 10.4. The molecule has 0 aromatic heterocycles. The molecule has 3 rings (SSSR count). The van der Waals surface area contributed by atoms with Crippen LogP contribution in [0.5, 0.6) is 0 Å². The van der Waals surface area contributed by atoms with E-state index in [4.69, 9.17) is 5.11 Å². The summed E-state index contributed by atoms with van der Waals surface area (Å²) in [6.07, 6.45) is 1.73. The van der Waals surface area contributed by atoms with E-state index in [1.165, 1.54) is 0 Å². The van der Waals surface area contributed by atoms with Crippen molar-refractivity contribution in [1.82, 2.24) is 9.62 Å². The Bertz CT molecular complexity index is 387. The molecule has 7 heteroatoms. The Morgan fingerprint density at radius 1 is 1.35 bits per heavy atom. The minimum Gasteiger partial charge on any atom is -0.481 e. The van der Waals surface area contributed by atoms with Gasteiger partial charge in [0.1, 0.15) is 0 Å². The number of piperidine rings is 3. The van der Waals surface area contributed by atoms with Gasteiger partial charge in [0.2, 0.25) is 10.0 Å². The van der Waals surface area contributed by atoms with Crippen LogP contribution < -0.4 is 4.72 Å². The molecule has 0 spiro atoms. The van der Waals surface area contributed by atoms with Crippen molar-refractivity contribution in [2.24, 2.45) is 5.92 Å². The second-order valence-corrected chi connectivity index (χ2v) is 6.70. The highest BCUT2D eigenvalue weighted by Gasteiger charge is 2.36. The Labute approximate surface area is 101 Å². The van der Waals surface area contributed by atoms with Gasteiger partial charge in [-0.3, -0.25) is 4.79 Å². The van der Waals surface area contributed by atoms with E-state index in [1.54, 1.807) is 0 Å². The van der Waals surface area contributed by atoms with Crippen molar-refractivity contribution in [3.05, 3.63) is 0 Å². The number of sulfonamides is 1. The average Bonchev–Trinajstić information content (AvgIpc) is 2.28. The first kappa shape index (κ1) is 12.8. The lowest BCUT2D eigenvalue weighted by molar-refractivity contribution is -0.136. The first-order valence-corrected chi connectivity index (χ1v) is 7.56. The van der Waals surface area contributed by atoms with Gasteiger partial charge in [-0.1, -0.05) is 0 Å². The van der Waals surface area contributed by atoms with Gasteiger partial charge in [-0.05, 0) is 31.8 Å². The number of nitrogens with one attached hydrogen (secondary N) is 1. The molecule has 1 atom stereocenters. The Morgan fingerprint density at radius 3 is 2.47 bits per heavy atom. The number of hydrogen-bond acceptors (Lipinski definition) is 4. The summed E-state index contributed by atoms with van der Waals surface area (Å²) in [5, 5.41) is 8.49. The second kappa shape index (κ2) is 4.91. The molecule has 3 fully saturated rings. The van der Waals surface area contributed by atoms with E-state index in [-0.39, 0.29) is 18.2 Å². The third-order valence-corrected chi connectivity index (χ3v) is 4.98. The van der Waals surface area contributed by atoms with Gasteiger partial charge in [-0.15, -0.1) is 0 Å². The van der Waals surface area contributed by atoms with Gasteiger partial charge in [0.05, 0.1) is 12.2 Å². The van der Waals surface area contributed by atoms with E-state index >= 15 is 0 Å². The summed E-state index contributed by atoms with van der Waals surface area (Å²) in [5.74, 6) is -0.991. The van der Waals surface area contributed by atoms with Crippen LogP contribution in [-0.2, 0) is 14.8 Å². The molecular formula is C10H18N2O4S. The normalized spacial score (nSPS) is 32.6. The summed E-state index contributed by atoms with van der Waals surface area (Å²) in [6, 6.07) is -0.0312. The number of hydrogen-bond donors (Lipinski definition) is 2. The van der Waals surface area contributed by atoms with Gasteiger partial charge in [0.25, 0.3) is 0 Å². The molecule has 3 aliphatic heterocycles. The maximum atomic E-state index is 11.7. The topological polar surface area (TPSA) is 86.7 Å². The zero-order valence-electron chi connectivity index (χ0n) is 9.63. The molecule has 0 saturated carbocycles. The molecule has 0 aromatic rings. The third kappa shape index (κ3) is 3.40. The van der Waals surface area contributed by atoms with Crippen molar-refractivity contribution in [2.75, 3.05) is 25.4 Å². The number of rotatable bonds is 5. The fourth-order valence-electron chi connectivity index (χ4n) is 2.61. The number of fused-ring (bicyclic) bond motifs is 3. The number of carboxylic acid groups (broad SMARTS) is 1. The molecule has 0 aliphatic carbocycles. The summed E-state index contributed by atoms with van der Waals surface area (Å²) >= 11 is 0. The number of nitrogens with zero attached hydrogens (tertiary/aromatic N) is 1. The highest BCUT2D eigenvalue weighted by molar-refractivity contribution is 7.89. The number of carboxylic acids is 1. The highest BCUT2D eigenvalue weighted by Crippen LogP contribution is 2.27. The summed E-state index contributed by atoms with van der Waals surface area (Å²) in [4.78, 5) is 12.6. The van der Waals surface area contributed by atoms with Crippen molar-refractivity contribution in [3.8, 4) is 0 Å². The molecule has 3 heterocycles. The van der Waals surface area contributed by atoms with Gasteiger partial charge in [-0.25, -0.2) is 13.1 Å². The molecule has 6 nitrogen and oxygen atoms in total. The molecule has 1 unspecified atom stereocenters. The molecule has 2 bridgehead atoms. The third-order valence-electron chi connectivity index (χ3n) is 3.57. The van der Waals surface area contributed by atoms with Crippen LogP contribution in [0.2, 0.25) is 0 Å². The lowest BCUT2D eigenvalue weighted by atomic mass is 9.85. The average molecular weight is 262 g/mol. The van der Waals surface area contributed by atoms with Crippen molar-refractivity contribution in [1.29, 1.82) is 0 Å². The summed E-state index contributed by atoms with van der Waals surface area (Å²) in [5.41, 5.74) is 0. The summed E-state index contributed by atoms with van der Waals surface area (Å²) in [7, 11) is -3.46. The van der Waals surface area contributed by atoms with Crippen molar-refractivity contribution < 1.29 is 18.3 Å². The van der Waals surface area contributed by atoms with Gasteiger partial charge >= 0.3 is 5.97 Å². The Morgan fingerprint density at radius 2 is 2.00 bits per heavy atom. The Balaban J connectivity index is 1.89. The van der Waals surface area contributed by atoms with Crippen LogP contribution in [0.25, 0.3) is 0 Å². The van der Waals surface area contributed by atoms with E-state index in [9.17, 15) is 13.2 Å². The second-order valence-electron chi connectivity index (χ2n) is 4.82. The quantitative estimate of drug-likeness (QED) is 0.696. The van der Waals surface area contributed by atoms with Crippen molar-refractivity contribution >= 4 is 16.0 Å². The predicted octanol–water partition coefficient (Wildman–Crippen LogP) is -0.525. The van der Waals surface area contributed by atoms with Crippen molar-refractivity contribution in [3.63, 3.8) is 0 Å². The molecular weight excluding hydrogens is 244 g/mol. The maximum Gasteiger partial charge on any atom is 0.304 e. The largest absolute Gasteiger partial charge is 0.481 e. The zero-order chi connectivity index (χ0) is 12.5.